The van der Waals surface area contributed by atoms with Gasteiger partial charge in [-0.15, -0.1) is 0 Å². The number of hydrogen-bond donors (Lipinski definition) is 0. The number of aryl methyl sites for hydroxylation is 1. The Morgan fingerprint density at radius 3 is 2.08 bits per heavy atom. The lowest BCUT2D eigenvalue weighted by molar-refractivity contribution is 0.102. The SMILES string of the molecule is Cc1cc(C#N)cc(C(=O)c2nc(OCc3ccccc3)nc(OCc3ccccc3)c2C(C)C)c1. The molecular weight excluding hydrogens is 450 g/mol. The Balaban J connectivity index is 1.77. The largest absolute Gasteiger partial charge is 0.472 e. The minimum absolute atomic E-state index is 0.0582. The van der Waals surface area contributed by atoms with E-state index in [1.165, 1.54) is 0 Å². The topological polar surface area (TPSA) is 85.1 Å². The third kappa shape index (κ3) is 5.94. The first kappa shape index (κ1) is 24.6. The molecule has 0 amide bonds. The van der Waals surface area contributed by atoms with E-state index in [9.17, 15) is 10.1 Å². The summed E-state index contributed by atoms with van der Waals surface area (Å²) in [6.45, 7) is 6.31. The van der Waals surface area contributed by atoms with E-state index in [1.54, 1.807) is 18.2 Å². The van der Waals surface area contributed by atoms with Crippen LogP contribution in [-0.4, -0.2) is 15.8 Å². The maximum absolute atomic E-state index is 13.7. The van der Waals surface area contributed by atoms with E-state index in [1.807, 2.05) is 81.4 Å². The number of carbonyl (C=O) groups excluding carboxylic acids is 1. The third-order valence-electron chi connectivity index (χ3n) is 5.58. The van der Waals surface area contributed by atoms with Gasteiger partial charge in [-0.3, -0.25) is 4.79 Å². The zero-order valence-corrected chi connectivity index (χ0v) is 20.6. The van der Waals surface area contributed by atoms with Crippen LogP contribution in [0.15, 0.2) is 78.9 Å². The fourth-order valence-corrected chi connectivity index (χ4v) is 3.86. The highest BCUT2D eigenvalue weighted by atomic mass is 16.5. The number of hydrogen-bond acceptors (Lipinski definition) is 6. The minimum atomic E-state index is -0.310. The molecule has 0 spiro atoms. The summed E-state index contributed by atoms with van der Waals surface area (Å²) >= 11 is 0. The molecule has 6 heteroatoms. The minimum Gasteiger partial charge on any atom is -0.472 e. The van der Waals surface area contributed by atoms with Gasteiger partial charge >= 0.3 is 6.01 Å². The molecule has 6 nitrogen and oxygen atoms in total. The van der Waals surface area contributed by atoms with Gasteiger partial charge < -0.3 is 9.47 Å². The molecular formula is C30H27N3O3. The zero-order valence-electron chi connectivity index (χ0n) is 20.6. The van der Waals surface area contributed by atoms with Crippen molar-refractivity contribution in [2.75, 3.05) is 0 Å². The summed E-state index contributed by atoms with van der Waals surface area (Å²) < 4.78 is 12.0. The monoisotopic (exact) mass is 477 g/mol. The molecule has 3 aromatic carbocycles. The Kier molecular flexibility index (Phi) is 7.72. The van der Waals surface area contributed by atoms with Crippen molar-refractivity contribution in [2.24, 2.45) is 0 Å². The van der Waals surface area contributed by atoms with Gasteiger partial charge in [0.25, 0.3) is 0 Å². The highest BCUT2D eigenvalue weighted by Crippen LogP contribution is 2.32. The Bertz CT molecular complexity index is 1390. The highest BCUT2D eigenvalue weighted by molar-refractivity contribution is 6.09. The number of ketones is 1. The lowest BCUT2D eigenvalue weighted by Gasteiger charge is -2.18. The molecule has 1 heterocycles. The van der Waals surface area contributed by atoms with E-state index in [2.05, 4.69) is 16.0 Å². The molecule has 36 heavy (non-hydrogen) atoms. The van der Waals surface area contributed by atoms with E-state index in [4.69, 9.17) is 9.47 Å². The molecule has 0 atom stereocenters. The molecule has 180 valence electrons. The van der Waals surface area contributed by atoms with Crippen molar-refractivity contribution < 1.29 is 14.3 Å². The van der Waals surface area contributed by atoms with E-state index in [0.29, 0.717) is 22.6 Å². The Morgan fingerprint density at radius 2 is 1.50 bits per heavy atom. The first-order valence-corrected chi connectivity index (χ1v) is 11.8. The molecule has 0 N–H and O–H groups in total. The Hall–Kier alpha value is -4.50. The summed E-state index contributed by atoms with van der Waals surface area (Å²) in [5.41, 5.74) is 4.35. The van der Waals surface area contributed by atoms with E-state index in [-0.39, 0.29) is 36.6 Å². The predicted molar refractivity (Wildman–Crippen MR) is 137 cm³/mol. The molecule has 0 saturated heterocycles. The first-order valence-electron chi connectivity index (χ1n) is 11.8. The molecule has 0 bridgehead atoms. The van der Waals surface area contributed by atoms with Gasteiger partial charge in [-0.1, -0.05) is 74.5 Å². The lowest BCUT2D eigenvalue weighted by Crippen LogP contribution is -2.15. The van der Waals surface area contributed by atoms with Crippen molar-refractivity contribution in [3.05, 3.63) is 118 Å². The van der Waals surface area contributed by atoms with Gasteiger partial charge in [0, 0.05) is 11.1 Å². The van der Waals surface area contributed by atoms with Crippen LogP contribution in [-0.2, 0) is 13.2 Å². The highest BCUT2D eigenvalue weighted by Gasteiger charge is 2.25. The van der Waals surface area contributed by atoms with Gasteiger partial charge in [-0.2, -0.15) is 15.2 Å². The van der Waals surface area contributed by atoms with Crippen LogP contribution in [0.25, 0.3) is 0 Å². The molecule has 1 aromatic heterocycles. The fourth-order valence-electron chi connectivity index (χ4n) is 3.86. The van der Waals surface area contributed by atoms with Crippen LogP contribution in [0.1, 0.15) is 63.6 Å². The van der Waals surface area contributed by atoms with Crippen molar-refractivity contribution in [3.8, 4) is 18.0 Å². The van der Waals surface area contributed by atoms with E-state index >= 15 is 0 Å². The normalized spacial score (nSPS) is 10.6. The van der Waals surface area contributed by atoms with Crippen LogP contribution < -0.4 is 9.47 Å². The standard InChI is InChI=1S/C30H27N3O3/c1-20(2)26-27(28(34)25-15-21(3)14-24(16-25)17-31)32-30(36-19-23-12-8-5-9-13-23)33-29(26)35-18-22-10-6-4-7-11-22/h4-16,20H,18-19H2,1-3H3. The van der Waals surface area contributed by atoms with Gasteiger partial charge in [0.05, 0.1) is 11.6 Å². The molecule has 0 saturated carbocycles. The number of rotatable bonds is 9. The van der Waals surface area contributed by atoms with Crippen molar-refractivity contribution in [1.82, 2.24) is 9.97 Å². The molecule has 0 aliphatic rings. The predicted octanol–water partition coefficient (Wildman–Crippen LogP) is 6.17. The third-order valence-corrected chi connectivity index (χ3v) is 5.58. The molecule has 4 aromatic rings. The van der Waals surface area contributed by atoms with Crippen LogP contribution in [0, 0.1) is 18.3 Å². The van der Waals surface area contributed by atoms with Crippen molar-refractivity contribution in [1.29, 1.82) is 5.26 Å². The number of carbonyl (C=O) groups is 1. The molecule has 0 unspecified atom stereocenters. The summed E-state index contributed by atoms with van der Waals surface area (Å²) in [6.07, 6.45) is 0. The number of nitriles is 1. The molecule has 0 aliphatic carbocycles. The van der Waals surface area contributed by atoms with Crippen LogP contribution >= 0.6 is 0 Å². The second kappa shape index (κ2) is 11.3. The van der Waals surface area contributed by atoms with Crippen LogP contribution in [0.4, 0.5) is 0 Å². The number of ether oxygens (including phenoxy) is 2. The van der Waals surface area contributed by atoms with Gasteiger partial charge in [-0.05, 0) is 47.7 Å². The Morgan fingerprint density at radius 1 is 0.889 bits per heavy atom. The van der Waals surface area contributed by atoms with Gasteiger partial charge in [0.2, 0.25) is 11.7 Å². The summed E-state index contributed by atoms with van der Waals surface area (Å²) in [5.74, 6) is -0.100. The van der Waals surface area contributed by atoms with E-state index < -0.39 is 0 Å². The first-order chi connectivity index (χ1) is 17.4. The van der Waals surface area contributed by atoms with Crippen molar-refractivity contribution in [3.63, 3.8) is 0 Å². The van der Waals surface area contributed by atoms with Crippen LogP contribution in [0.2, 0.25) is 0 Å². The van der Waals surface area contributed by atoms with Crippen molar-refractivity contribution >= 4 is 5.78 Å². The van der Waals surface area contributed by atoms with Gasteiger partial charge in [-0.25, -0.2) is 0 Å². The molecule has 0 radical (unpaired) electrons. The smallest absolute Gasteiger partial charge is 0.320 e. The second-order valence-corrected chi connectivity index (χ2v) is 8.81. The molecule has 0 aliphatic heterocycles. The zero-order chi connectivity index (χ0) is 25.5. The maximum atomic E-state index is 13.7. The second-order valence-electron chi connectivity index (χ2n) is 8.81. The fraction of sp³-hybridized carbons (Fsp3) is 0.200. The average molecular weight is 478 g/mol. The van der Waals surface area contributed by atoms with Crippen LogP contribution in [0.3, 0.4) is 0 Å². The van der Waals surface area contributed by atoms with Crippen LogP contribution in [0.5, 0.6) is 11.9 Å². The lowest BCUT2D eigenvalue weighted by atomic mass is 9.95. The average Bonchev–Trinajstić information content (AvgIpc) is 2.90. The summed E-state index contributed by atoms with van der Waals surface area (Å²) in [6, 6.07) is 26.7. The van der Waals surface area contributed by atoms with Gasteiger partial charge in [0.15, 0.2) is 0 Å². The number of aromatic nitrogens is 2. The summed E-state index contributed by atoms with van der Waals surface area (Å²) in [7, 11) is 0. The molecule has 4 rings (SSSR count). The van der Waals surface area contributed by atoms with Crippen molar-refractivity contribution in [2.45, 2.75) is 39.9 Å². The Labute approximate surface area is 211 Å². The quantitative estimate of drug-likeness (QED) is 0.268. The van der Waals surface area contributed by atoms with Gasteiger partial charge in [0.1, 0.15) is 18.9 Å². The maximum Gasteiger partial charge on any atom is 0.320 e. The summed E-state index contributed by atoms with van der Waals surface area (Å²) in [5, 5.41) is 9.40. The van der Waals surface area contributed by atoms with E-state index in [0.717, 1.165) is 16.7 Å². The number of benzene rings is 3. The summed E-state index contributed by atoms with van der Waals surface area (Å²) in [4.78, 5) is 22.8. The number of nitrogens with zero attached hydrogens (tertiary/aromatic N) is 3. The molecule has 0 fully saturated rings.